The first kappa shape index (κ1) is 16.6. The second-order valence-corrected chi connectivity index (χ2v) is 5.17. The van der Waals surface area contributed by atoms with Crippen molar-refractivity contribution in [3.8, 4) is 17.2 Å². The Bertz CT molecular complexity index is 393. The van der Waals surface area contributed by atoms with Gasteiger partial charge in [0.1, 0.15) is 0 Å². The van der Waals surface area contributed by atoms with E-state index >= 15 is 0 Å². The molecule has 1 rings (SSSR count). The van der Waals surface area contributed by atoms with Gasteiger partial charge in [-0.05, 0) is 30.0 Å². The van der Waals surface area contributed by atoms with E-state index in [2.05, 4.69) is 26.1 Å². The normalized spacial score (nSPS) is 12.3. The summed E-state index contributed by atoms with van der Waals surface area (Å²) in [6.07, 6.45) is 1.11. The third-order valence-corrected chi connectivity index (χ3v) is 3.54. The Kier molecular flexibility index (Phi) is 6.65. The van der Waals surface area contributed by atoms with Crippen LogP contribution in [0.2, 0.25) is 0 Å². The highest BCUT2D eigenvalue weighted by Crippen LogP contribution is 2.38. The quantitative estimate of drug-likeness (QED) is 0.794. The maximum Gasteiger partial charge on any atom is 0.203 e. The lowest BCUT2D eigenvalue weighted by molar-refractivity contribution is 0.323. The van der Waals surface area contributed by atoms with Crippen LogP contribution in [-0.2, 0) is 6.54 Å². The number of nitrogens with one attached hydrogen (secondary N) is 1. The lowest BCUT2D eigenvalue weighted by Gasteiger charge is -2.21. The molecule has 1 N–H and O–H groups in total. The molecule has 0 bridgehead atoms. The summed E-state index contributed by atoms with van der Waals surface area (Å²) in [4.78, 5) is 0. The third-order valence-electron chi connectivity index (χ3n) is 3.54. The molecular formula is C16H27NO3. The van der Waals surface area contributed by atoms with E-state index in [1.165, 1.54) is 0 Å². The van der Waals surface area contributed by atoms with Gasteiger partial charge >= 0.3 is 0 Å². The van der Waals surface area contributed by atoms with Gasteiger partial charge in [0.15, 0.2) is 11.5 Å². The number of benzene rings is 1. The summed E-state index contributed by atoms with van der Waals surface area (Å²) in [5.41, 5.74) is 1.12. The average Bonchev–Trinajstić information content (AvgIpc) is 2.46. The van der Waals surface area contributed by atoms with Crippen LogP contribution in [0, 0.1) is 5.92 Å². The van der Waals surface area contributed by atoms with Crippen molar-refractivity contribution < 1.29 is 14.2 Å². The molecule has 0 spiro atoms. The van der Waals surface area contributed by atoms with Gasteiger partial charge in [0.25, 0.3) is 0 Å². The van der Waals surface area contributed by atoms with Crippen LogP contribution in [-0.4, -0.2) is 27.4 Å². The van der Waals surface area contributed by atoms with E-state index < -0.39 is 0 Å². The van der Waals surface area contributed by atoms with Crippen LogP contribution < -0.4 is 19.5 Å². The Morgan fingerprint density at radius 3 is 1.90 bits per heavy atom. The summed E-state index contributed by atoms with van der Waals surface area (Å²) in [5, 5.41) is 3.57. The molecule has 0 amide bonds. The smallest absolute Gasteiger partial charge is 0.203 e. The van der Waals surface area contributed by atoms with Crippen molar-refractivity contribution in [2.24, 2.45) is 5.92 Å². The minimum Gasteiger partial charge on any atom is -0.493 e. The molecule has 0 fully saturated rings. The number of ether oxygens (including phenoxy) is 3. The summed E-state index contributed by atoms with van der Waals surface area (Å²) in [5.74, 6) is 2.64. The van der Waals surface area contributed by atoms with Crippen molar-refractivity contribution in [2.45, 2.75) is 39.8 Å². The van der Waals surface area contributed by atoms with Crippen molar-refractivity contribution >= 4 is 0 Å². The number of hydrogen-bond donors (Lipinski definition) is 1. The van der Waals surface area contributed by atoms with Crippen LogP contribution >= 0.6 is 0 Å². The van der Waals surface area contributed by atoms with Crippen molar-refractivity contribution in [2.75, 3.05) is 21.3 Å². The molecule has 0 radical (unpaired) electrons. The Labute approximate surface area is 122 Å². The molecule has 0 saturated carbocycles. The summed E-state index contributed by atoms with van der Waals surface area (Å²) in [6, 6.07) is 4.48. The summed E-state index contributed by atoms with van der Waals surface area (Å²) >= 11 is 0. The lowest BCUT2D eigenvalue weighted by Crippen LogP contribution is -2.32. The monoisotopic (exact) mass is 281 g/mol. The molecule has 0 aromatic heterocycles. The van der Waals surface area contributed by atoms with Crippen LogP contribution in [0.25, 0.3) is 0 Å². The first-order chi connectivity index (χ1) is 9.57. The van der Waals surface area contributed by atoms with Crippen molar-refractivity contribution in [1.29, 1.82) is 0 Å². The molecule has 1 atom stereocenters. The van der Waals surface area contributed by atoms with Gasteiger partial charge < -0.3 is 19.5 Å². The Morgan fingerprint density at radius 1 is 1.00 bits per heavy atom. The van der Waals surface area contributed by atoms with Gasteiger partial charge in [-0.25, -0.2) is 0 Å². The van der Waals surface area contributed by atoms with Gasteiger partial charge in [-0.3, -0.25) is 0 Å². The molecule has 1 aromatic rings. The van der Waals surface area contributed by atoms with Gasteiger partial charge in [-0.2, -0.15) is 0 Å². The van der Waals surface area contributed by atoms with Crippen molar-refractivity contribution in [3.63, 3.8) is 0 Å². The van der Waals surface area contributed by atoms with Gasteiger partial charge in [0.05, 0.1) is 21.3 Å². The van der Waals surface area contributed by atoms with Crippen LogP contribution in [0.1, 0.15) is 32.8 Å². The first-order valence-corrected chi connectivity index (χ1v) is 7.09. The predicted molar refractivity (Wildman–Crippen MR) is 81.9 cm³/mol. The van der Waals surface area contributed by atoms with Crippen molar-refractivity contribution in [1.82, 2.24) is 5.32 Å². The summed E-state index contributed by atoms with van der Waals surface area (Å²) in [7, 11) is 4.89. The fourth-order valence-corrected chi connectivity index (χ4v) is 2.34. The highest BCUT2D eigenvalue weighted by Gasteiger charge is 2.15. The Balaban J connectivity index is 2.90. The molecule has 0 heterocycles. The molecule has 0 saturated heterocycles. The highest BCUT2D eigenvalue weighted by molar-refractivity contribution is 5.53. The molecule has 1 unspecified atom stereocenters. The van der Waals surface area contributed by atoms with Crippen LogP contribution in [0.3, 0.4) is 0 Å². The maximum atomic E-state index is 5.37. The highest BCUT2D eigenvalue weighted by atomic mass is 16.5. The van der Waals surface area contributed by atoms with Crippen LogP contribution in [0.15, 0.2) is 12.1 Å². The fraction of sp³-hybridized carbons (Fsp3) is 0.625. The van der Waals surface area contributed by atoms with E-state index in [1.807, 2.05) is 12.1 Å². The van der Waals surface area contributed by atoms with Gasteiger partial charge in [0.2, 0.25) is 5.75 Å². The predicted octanol–water partition coefficient (Wildman–Crippen LogP) is 3.24. The molecule has 0 aliphatic heterocycles. The fourth-order valence-electron chi connectivity index (χ4n) is 2.34. The molecular weight excluding hydrogens is 254 g/mol. The zero-order chi connectivity index (χ0) is 15.1. The van der Waals surface area contributed by atoms with Gasteiger partial charge in [0, 0.05) is 12.6 Å². The Morgan fingerprint density at radius 2 is 1.55 bits per heavy atom. The minimum atomic E-state index is 0.508. The SMILES string of the molecule is CCC(NCc1cc(OC)c(OC)c(OC)c1)C(C)C. The molecule has 114 valence electrons. The maximum absolute atomic E-state index is 5.37. The van der Waals surface area contributed by atoms with E-state index in [1.54, 1.807) is 21.3 Å². The van der Waals surface area contributed by atoms with Crippen LogP contribution in [0.4, 0.5) is 0 Å². The second kappa shape index (κ2) is 8.00. The van der Waals surface area contributed by atoms with E-state index in [0.29, 0.717) is 29.2 Å². The Hall–Kier alpha value is -1.42. The molecule has 0 aliphatic rings. The summed E-state index contributed by atoms with van der Waals surface area (Å²) < 4.78 is 16.1. The summed E-state index contributed by atoms with van der Waals surface area (Å²) in [6.45, 7) is 7.45. The lowest BCUT2D eigenvalue weighted by atomic mass is 10.0. The largest absolute Gasteiger partial charge is 0.493 e. The van der Waals surface area contributed by atoms with Crippen molar-refractivity contribution in [3.05, 3.63) is 17.7 Å². The number of rotatable bonds is 8. The molecule has 1 aromatic carbocycles. The standard InChI is InChI=1S/C16H27NO3/c1-7-13(11(2)3)17-10-12-8-14(18-4)16(20-6)15(9-12)19-5/h8-9,11,13,17H,7,10H2,1-6H3. The molecule has 4 nitrogen and oxygen atoms in total. The zero-order valence-electron chi connectivity index (χ0n) is 13.4. The third kappa shape index (κ3) is 4.04. The van der Waals surface area contributed by atoms with Gasteiger partial charge in [-0.1, -0.05) is 20.8 Å². The number of hydrogen-bond acceptors (Lipinski definition) is 4. The van der Waals surface area contributed by atoms with E-state index in [0.717, 1.165) is 18.5 Å². The van der Waals surface area contributed by atoms with E-state index in [9.17, 15) is 0 Å². The topological polar surface area (TPSA) is 39.7 Å². The average molecular weight is 281 g/mol. The van der Waals surface area contributed by atoms with E-state index in [4.69, 9.17) is 14.2 Å². The number of methoxy groups -OCH3 is 3. The van der Waals surface area contributed by atoms with Crippen LogP contribution in [0.5, 0.6) is 17.2 Å². The first-order valence-electron chi connectivity index (χ1n) is 7.09. The molecule has 20 heavy (non-hydrogen) atoms. The molecule has 4 heteroatoms. The van der Waals surface area contributed by atoms with Gasteiger partial charge in [-0.15, -0.1) is 0 Å². The minimum absolute atomic E-state index is 0.508. The zero-order valence-corrected chi connectivity index (χ0v) is 13.4. The second-order valence-electron chi connectivity index (χ2n) is 5.17. The van der Waals surface area contributed by atoms with E-state index in [-0.39, 0.29) is 0 Å². The molecule has 0 aliphatic carbocycles.